The van der Waals surface area contributed by atoms with E-state index in [4.69, 9.17) is 0 Å². The first-order valence-electron chi connectivity index (χ1n) is 6.21. The molecule has 2 aromatic rings. The molecule has 0 saturated carbocycles. The van der Waals surface area contributed by atoms with Crippen LogP contribution in [0.5, 0.6) is 0 Å². The molecule has 0 amide bonds. The number of aromatic nitrogens is 2. The average molecular weight is 249 g/mol. The standard InChI is InChI=1S/C13H19N3S/c1-5-10-8-11-12(16(6-2)7-3)14-9(4)15-13(11)17-10/h8H,5-7H2,1-4H3. The van der Waals surface area contributed by atoms with Gasteiger partial charge in [-0.15, -0.1) is 11.3 Å². The first-order chi connectivity index (χ1) is 8.19. The van der Waals surface area contributed by atoms with Gasteiger partial charge in [0.05, 0.1) is 5.39 Å². The molecule has 2 heterocycles. The molecule has 0 spiro atoms. The van der Waals surface area contributed by atoms with Gasteiger partial charge in [0.1, 0.15) is 16.5 Å². The van der Waals surface area contributed by atoms with Crippen molar-refractivity contribution < 1.29 is 0 Å². The van der Waals surface area contributed by atoms with Gasteiger partial charge in [0.25, 0.3) is 0 Å². The predicted octanol–water partition coefficient (Wildman–Crippen LogP) is 3.41. The number of hydrogen-bond acceptors (Lipinski definition) is 4. The fourth-order valence-corrected chi connectivity index (χ4v) is 3.01. The summed E-state index contributed by atoms with van der Waals surface area (Å²) in [6.45, 7) is 10.5. The lowest BCUT2D eigenvalue weighted by Gasteiger charge is -2.20. The normalized spacial score (nSPS) is 11.1. The molecule has 0 bridgehead atoms. The van der Waals surface area contributed by atoms with Gasteiger partial charge in [-0.2, -0.15) is 0 Å². The summed E-state index contributed by atoms with van der Waals surface area (Å²) >= 11 is 1.79. The highest BCUT2D eigenvalue weighted by Gasteiger charge is 2.13. The van der Waals surface area contributed by atoms with Crippen molar-refractivity contribution in [2.24, 2.45) is 0 Å². The molecule has 2 rings (SSSR count). The van der Waals surface area contributed by atoms with Crippen LogP contribution >= 0.6 is 11.3 Å². The molecule has 0 unspecified atom stereocenters. The van der Waals surface area contributed by atoms with Gasteiger partial charge in [-0.3, -0.25) is 0 Å². The maximum absolute atomic E-state index is 4.61. The van der Waals surface area contributed by atoms with Crippen LogP contribution in [-0.2, 0) is 6.42 Å². The molecule has 17 heavy (non-hydrogen) atoms. The Bertz CT molecular complexity index is 515. The van der Waals surface area contributed by atoms with E-state index in [2.05, 4.69) is 41.7 Å². The van der Waals surface area contributed by atoms with E-state index in [0.29, 0.717) is 0 Å². The molecule has 0 radical (unpaired) electrons. The highest BCUT2D eigenvalue weighted by molar-refractivity contribution is 7.18. The second kappa shape index (κ2) is 5.00. The highest BCUT2D eigenvalue weighted by Crippen LogP contribution is 2.31. The van der Waals surface area contributed by atoms with Gasteiger partial charge in [0.15, 0.2) is 0 Å². The zero-order valence-electron chi connectivity index (χ0n) is 10.9. The van der Waals surface area contributed by atoms with Crippen LogP contribution in [0.2, 0.25) is 0 Å². The lowest BCUT2D eigenvalue weighted by Crippen LogP contribution is -2.23. The summed E-state index contributed by atoms with van der Waals surface area (Å²) in [5.74, 6) is 1.96. The number of aryl methyl sites for hydroxylation is 2. The summed E-state index contributed by atoms with van der Waals surface area (Å²) in [5, 5.41) is 1.21. The lowest BCUT2D eigenvalue weighted by molar-refractivity contribution is 0.843. The van der Waals surface area contributed by atoms with Crippen LogP contribution in [0.3, 0.4) is 0 Å². The van der Waals surface area contributed by atoms with E-state index in [0.717, 1.165) is 36.0 Å². The van der Waals surface area contributed by atoms with Gasteiger partial charge in [-0.05, 0) is 33.3 Å². The second-order valence-electron chi connectivity index (χ2n) is 4.05. The second-order valence-corrected chi connectivity index (χ2v) is 5.17. The zero-order valence-corrected chi connectivity index (χ0v) is 11.8. The average Bonchev–Trinajstić information content (AvgIpc) is 2.73. The van der Waals surface area contributed by atoms with Crippen LogP contribution < -0.4 is 4.90 Å². The molecular formula is C13H19N3S. The van der Waals surface area contributed by atoms with E-state index in [1.54, 1.807) is 11.3 Å². The minimum absolute atomic E-state index is 0.865. The molecule has 0 aromatic carbocycles. The molecule has 0 saturated heterocycles. The van der Waals surface area contributed by atoms with Crippen LogP contribution in [0.25, 0.3) is 10.2 Å². The SMILES string of the molecule is CCc1cc2c(N(CC)CC)nc(C)nc2s1. The van der Waals surface area contributed by atoms with Gasteiger partial charge in [0.2, 0.25) is 0 Å². The number of fused-ring (bicyclic) bond motifs is 1. The Morgan fingerprint density at radius 2 is 1.88 bits per heavy atom. The fourth-order valence-electron chi connectivity index (χ4n) is 2.00. The molecule has 0 atom stereocenters. The maximum Gasteiger partial charge on any atom is 0.141 e. The molecule has 3 nitrogen and oxygen atoms in total. The summed E-state index contributed by atoms with van der Waals surface area (Å²) in [6, 6.07) is 2.24. The number of nitrogens with zero attached hydrogens (tertiary/aromatic N) is 3. The topological polar surface area (TPSA) is 29.0 Å². The van der Waals surface area contributed by atoms with Gasteiger partial charge in [0, 0.05) is 18.0 Å². The molecule has 0 aliphatic rings. The highest BCUT2D eigenvalue weighted by atomic mass is 32.1. The largest absolute Gasteiger partial charge is 0.357 e. The van der Waals surface area contributed by atoms with Crippen molar-refractivity contribution >= 4 is 27.4 Å². The minimum atomic E-state index is 0.865. The molecule has 0 aliphatic heterocycles. The number of thiophene rings is 1. The van der Waals surface area contributed by atoms with Crippen molar-refractivity contribution in [1.29, 1.82) is 0 Å². The van der Waals surface area contributed by atoms with E-state index < -0.39 is 0 Å². The molecule has 0 N–H and O–H groups in total. The van der Waals surface area contributed by atoms with Crippen LogP contribution in [0.4, 0.5) is 5.82 Å². The van der Waals surface area contributed by atoms with Gasteiger partial charge in [-0.25, -0.2) is 9.97 Å². The number of anilines is 1. The molecule has 92 valence electrons. The van der Waals surface area contributed by atoms with Gasteiger partial charge >= 0.3 is 0 Å². The summed E-state index contributed by atoms with van der Waals surface area (Å²) in [6.07, 6.45) is 1.07. The van der Waals surface area contributed by atoms with Crippen LogP contribution in [-0.4, -0.2) is 23.1 Å². The Balaban J connectivity index is 2.63. The first-order valence-corrected chi connectivity index (χ1v) is 7.03. The zero-order chi connectivity index (χ0) is 12.4. The van der Waals surface area contributed by atoms with Crippen molar-refractivity contribution in [3.8, 4) is 0 Å². The summed E-state index contributed by atoms with van der Waals surface area (Å²) in [4.78, 5) is 13.9. The Morgan fingerprint density at radius 3 is 2.47 bits per heavy atom. The molecule has 2 aromatic heterocycles. The van der Waals surface area contributed by atoms with E-state index in [9.17, 15) is 0 Å². The van der Waals surface area contributed by atoms with E-state index in [1.807, 2.05) is 6.92 Å². The van der Waals surface area contributed by atoms with Crippen LogP contribution in [0, 0.1) is 6.92 Å². The third kappa shape index (κ3) is 2.27. The van der Waals surface area contributed by atoms with Gasteiger partial charge < -0.3 is 4.90 Å². The Kier molecular flexibility index (Phi) is 3.62. The number of rotatable bonds is 4. The smallest absolute Gasteiger partial charge is 0.141 e. The third-order valence-corrected chi connectivity index (χ3v) is 4.12. The molecule has 0 fully saturated rings. The summed E-state index contributed by atoms with van der Waals surface area (Å²) < 4.78 is 0. The fraction of sp³-hybridized carbons (Fsp3) is 0.538. The van der Waals surface area contributed by atoms with Crippen molar-refractivity contribution in [2.45, 2.75) is 34.1 Å². The third-order valence-electron chi connectivity index (χ3n) is 2.95. The van der Waals surface area contributed by atoms with Crippen molar-refractivity contribution in [1.82, 2.24) is 9.97 Å². The van der Waals surface area contributed by atoms with Gasteiger partial charge in [-0.1, -0.05) is 6.92 Å². The Morgan fingerprint density at radius 1 is 1.18 bits per heavy atom. The molecule has 4 heteroatoms. The van der Waals surface area contributed by atoms with Crippen molar-refractivity contribution in [3.05, 3.63) is 16.8 Å². The minimum Gasteiger partial charge on any atom is -0.357 e. The number of hydrogen-bond donors (Lipinski definition) is 0. The van der Waals surface area contributed by atoms with E-state index in [-0.39, 0.29) is 0 Å². The summed E-state index contributed by atoms with van der Waals surface area (Å²) in [5.41, 5.74) is 0. The molecular weight excluding hydrogens is 230 g/mol. The Labute approximate surface area is 107 Å². The van der Waals surface area contributed by atoms with Crippen LogP contribution in [0.15, 0.2) is 6.07 Å². The van der Waals surface area contributed by atoms with E-state index in [1.165, 1.54) is 10.3 Å². The van der Waals surface area contributed by atoms with E-state index >= 15 is 0 Å². The van der Waals surface area contributed by atoms with Crippen molar-refractivity contribution in [2.75, 3.05) is 18.0 Å². The quantitative estimate of drug-likeness (QED) is 0.831. The maximum atomic E-state index is 4.61. The molecule has 0 aliphatic carbocycles. The lowest BCUT2D eigenvalue weighted by atomic mass is 10.3. The van der Waals surface area contributed by atoms with Crippen LogP contribution in [0.1, 0.15) is 31.5 Å². The monoisotopic (exact) mass is 249 g/mol. The summed E-state index contributed by atoms with van der Waals surface area (Å²) in [7, 11) is 0. The van der Waals surface area contributed by atoms with Crippen molar-refractivity contribution in [3.63, 3.8) is 0 Å². The Hall–Kier alpha value is -1.16. The predicted molar refractivity (Wildman–Crippen MR) is 75.1 cm³/mol. The first kappa shape index (κ1) is 12.3.